The van der Waals surface area contributed by atoms with Gasteiger partial charge in [0.1, 0.15) is 0 Å². The van der Waals surface area contributed by atoms with Gasteiger partial charge in [0.2, 0.25) is 0 Å². The zero-order chi connectivity index (χ0) is 12.9. The van der Waals surface area contributed by atoms with Crippen molar-refractivity contribution in [2.75, 3.05) is 6.54 Å². The molecule has 0 aliphatic carbocycles. The number of hydrogen-bond acceptors (Lipinski definition) is 2. The van der Waals surface area contributed by atoms with Gasteiger partial charge >= 0.3 is 0 Å². The minimum atomic E-state index is -0.797. The van der Waals surface area contributed by atoms with Crippen LogP contribution in [0.25, 0.3) is 0 Å². The van der Waals surface area contributed by atoms with Crippen molar-refractivity contribution in [1.29, 1.82) is 0 Å². The third-order valence-electron chi connectivity index (χ3n) is 2.97. The molecule has 1 aromatic carbocycles. The molecule has 0 radical (unpaired) electrons. The van der Waals surface area contributed by atoms with Gasteiger partial charge in [-0.3, -0.25) is 0 Å². The van der Waals surface area contributed by atoms with Crippen molar-refractivity contribution in [3.8, 4) is 0 Å². The molecule has 0 fully saturated rings. The van der Waals surface area contributed by atoms with Gasteiger partial charge in [0.25, 0.3) is 0 Å². The van der Waals surface area contributed by atoms with Crippen LogP contribution in [-0.2, 0) is 12.0 Å². The molecule has 0 saturated carbocycles. The molecule has 1 aromatic rings. The largest absolute Gasteiger partial charge is 0.384 e. The maximum atomic E-state index is 10.4. The van der Waals surface area contributed by atoms with E-state index in [-0.39, 0.29) is 0 Å². The fraction of sp³-hybridized carbons (Fsp3) is 0.600. The summed E-state index contributed by atoms with van der Waals surface area (Å²) in [5, 5.41) is 13.7. The van der Waals surface area contributed by atoms with E-state index < -0.39 is 5.60 Å². The molecular weight excluding hydrogens is 210 g/mol. The summed E-state index contributed by atoms with van der Waals surface area (Å²) in [6, 6.07) is 8.69. The Hall–Kier alpha value is -0.860. The van der Waals surface area contributed by atoms with Crippen LogP contribution in [0.2, 0.25) is 0 Å². The summed E-state index contributed by atoms with van der Waals surface area (Å²) in [5.41, 5.74) is 1.52. The molecule has 1 atom stereocenters. The number of rotatable bonds is 6. The van der Waals surface area contributed by atoms with E-state index in [4.69, 9.17) is 0 Å². The van der Waals surface area contributed by atoms with E-state index >= 15 is 0 Å². The summed E-state index contributed by atoms with van der Waals surface area (Å²) in [6.45, 7) is 8.78. The summed E-state index contributed by atoms with van der Waals surface area (Å²) in [6.07, 6.45) is 2.26. The second kappa shape index (κ2) is 6.18. The summed E-state index contributed by atoms with van der Waals surface area (Å²) in [4.78, 5) is 0. The summed E-state index contributed by atoms with van der Waals surface area (Å²) < 4.78 is 0. The first kappa shape index (κ1) is 14.2. The van der Waals surface area contributed by atoms with Crippen molar-refractivity contribution < 1.29 is 5.11 Å². The molecule has 0 amide bonds. The van der Waals surface area contributed by atoms with E-state index in [9.17, 15) is 5.11 Å². The Bertz CT molecular complexity index is 327. The van der Waals surface area contributed by atoms with Crippen molar-refractivity contribution in [2.24, 2.45) is 0 Å². The molecule has 1 rings (SSSR count). The maximum absolute atomic E-state index is 10.4. The van der Waals surface area contributed by atoms with Crippen LogP contribution in [-0.4, -0.2) is 17.7 Å². The van der Waals surface area contributed by atoms with Crippen LogP contribution in [0.4, 0.5) is 0 Å². The molecule has 0 heterocycles. The number of aryl methyl sites for hydroxylation is 1. The summed E-state index contributed by atoms with van der Waals surface area (Å²) in [5.74, 6) is 0. The Balaban J connectivity index is 2.70. The molecular formula is C15H25NO. The van der Waals surface area contributed by atoms with E-state index in [2.05, 4.69) is 38.2 Å². The zero-order valence-corrected chi connectivity index (χ0v) is 11.5. The van der Waals surface area contributed by atoms with Crippen molar-refractivity contribution in [2.45, 2.75) is 52.2 Å². The molecule has 2 nitrogen and oxygen atoms in total. The molecule has 17 heavy (non-hydrogen) atoms. The molecule has 0 bridgehead atoms. The predicted octanol–water partition coefficient (Wildman–Crippen LogP) is 2.84. The van der Waals surface area contributed by atoms with Crippen LogP contribution in [0.5, 0.6) is 0 Å². The monoisotopic (exact) mass is 235 g/mol. The van der Waals surface area contributed by atoms with Crippen molar-refractivity contribution >= 4 is 0 Å². The molecule has 0 aliphatic rings. The molecule has 1 unspecified atom stereocenters. The first-order valence-corrected chi connectivity index (χ1v) is 6.51. The standard InChI is InChI=1S/C15H25NO/c1-5-6-13-7-9-14(10-8-13)15(4,17)11-16-12(2)3/h7-10,12,16-17H,5-6,11H2,1-4H3. The lowest BCUT2D eigenvalue weighted by Crippen LogP contribution is -2.38. The lowest BCUT2D eigenvalue weighted by molar-refractivity contribution is 0.0549. The first-order valence-electron chi connectivity index (χ1n) is 6.51. The third kappa shape index (κ3) is 4.49. The van der Waals surface area contributed by atoms with Crippen molar-refractivity contribution in [3.05, 3.63) is 35.4 Å². The predicted molar refractivity (Wildman–Crippen MR) is 73.1 cm³/mol. The van der Waals surface area contributed by atoms with Gasteiger partial charge in [-0.15, -0.1) is 0 Å². The summed E-state index contributed by atoms with van der Waals surface area (Å²) >= 11 is 0. The zero-order valence-electron chi connectivity index (χ0n) is 11.5. The van der Waals surface area contributed by atoms with E-state index in [1.807, 2.05) is 19.1 Å². The van der Waals surface area contributed by atoms with Crippen molar-refractivity contribution in [3.63, 3.8) is 0 Å². The average Bonchev–Trinajstić information content (AvgIpc) is 2.28. The fourth-order valence-corrected chi connectivity index (χ4v) is 1.82. The molecule has 0 saturated heterocycles. The van der Waals surface area contributed by atoms with E-state index in [0.717, 1.165) is 18.4 Å². The van der Waals surface area contributed by atoms with E-state index in [1.54, 1.807) is 0 Å². The first-order chi connectivity index (χ1) is 7.95. The molecule has 0 aromatic heterocycles. The Morgan fingerprint density at radius 3 is 2.29 bits per heavy atom. The Morgan fingerprint density at radius 1 is 1.24 bits per heavy atom. The lowest BCUT2D eigenvalue weighted by Gasteiger charge is -2.25. The van der Waals surface area contributed by atoms with Gasteiger partial charge in [0, 0.05) is 12.6 Å². The molecule has 0 spiro atoms. The summed E-state index contributed by atoms with van der Waals surface area (Å²) in [7, 11) is 0. The average molecular weight is 235 g/mol. The molecule has 2 N–H and O–H groups in total. The minimum Gasteiger partial charge on any atom is -0.384 e. The second-order valence-electron chi connectivity index (χ2n) is 5.26. The Labute approximate surface area is 105 Å². The SMILES string of the molecule is CCCc1ccc(C(C)(O)CNC(C)C)cc1. The smallest absolute Gasteiger partial charge is 0.0992 e. The highest BCUT2D eigenvalue weighted by molar-refractivity contribution is 5.27. The highest BCUT2D eigenvalue weighted by atomic mass is 16.3. The number of aliphatic hydroxyl groups is 1. The van der Waals surface area contributed by atoms with Gasteiger partial charge in [-0.2, -0.15) is 0 Å². The van der Waals surface area contributed by atoms with Crippen LogP contribution in [0.15, 0.2) is 24.3 Å². The highest BCUT2D eigenvalue weighted by Crippen LogP contribution is 2.20. The Kier molecular flexibility index (Phi) is 5.16. The van der Waals surface area contributed by atoms with Crippen LogP contribution in [0.3, 0.4) is 0 Å². The maximum Gasteiger partial charge on any atom is 0.0992 e. The number of hydrogen-bond donors (Lipinski definition) is 2. The fourth-order valence-electron chi connectivity index (χ4n) is 1.82. The minimum absolute atomic E-state index is 0.390. The van der Waals surface area contributed by atoms with E-state index in [0.29, 0.717) is 12.6 Å². The van der Waals surface area contributed by atoms with Gasteiger partial charge in [-0.05, 0) is 24.5 Å². The topological polar surface area (TPSA) is 32.3 Å². The van der Waals surface area contributed by atoms with Gasteiger partial charge in [0.05, 0.1) is 5.60 Å². The third-order valence-corrected chi connectivity index (χ3v) is 2.97. The van der Waals surface area contributed by atoms with Crippen molar-refractivity contribution in [1.82, 2.24) is 5.32 Å². The highest BCUT2D eigenvalue weighted by Gasteiger charge is 2.22. The van der Waals surface area contributed by atoms with Gasteiger partial charge in [0.15, 0.2) is 0 Å². The number of nitrogens with one attached hydrogen (secondary N) is 1. The van der Waals surface area contributed by atoms with E-state index in [1.165, 1.54) is 5.56 Å². The van der Waals surface area contributed by atoms with Crippen LogP contribution >= 0.6 is 0 Å². The number of benzene rings is 1. The van der Waals surface area contributed by atoms with Crippen LogP contribution < -0.4 is 5.32 Å². The second-order valence-corrected chi connectivity index (χ2v) is 5.26. The normalized spacial score (nSPS) is 14.9. The van der Waals surface area contributed by atoms with Crippen LogP contribution in [0, 0.1) is 0 Å². The quantitative estimate of drug-likeness (QED) is 0.794. The van der Waals surface area contributed by atoms with Crippen LogP contribution in [0.1, 0.15) is 45.2 Å². The molecule has 2 heteroatoms. The lowest BCUT2D eigenvalue weighted by atomic mass is 9.94. The van der Waals surface area contributed by atoms with Gasteiger partial charge in [-0.1, -0.05) is 51.5 Å². The molecule has 96 valence electrons. The Morgan fingerprint density at radius 2 is 1.82 bits per heavy atom. The van der Waals surface area contributed by atoms with Gasteiger partial charge in [-0.25, -0.2) is 0 Å². The molecule has 0 aliphatic heterocycles. The van der Waals surface area contributed by atoms with Gasteiger partial charge < -0.3 is 10.4 Å².